The van der Waals surface area contributed by atoms with E-state index in [9.17, 15) is 0 Å². The smallest absolute Gasteiger partial charge is 0.206 e. The number of aromatic nitrogens is 4. The van der Waals surface area contributed by atoms with Gasteiger partial charge in [0.2, 0.25) is 5.95 Å². The van der Waals surface area contributed by atoms with Crippen LogP contribution in [-0.4, -0.2) is 63.8 Å². The van der Waals surface area contributed by atoms with Gasteiger partial charge in [-0.25, -0.2) is 15.0 Å². The van der Waals surface area contributed by atoms with Crippen LogP contribution in [0.4, 0.5) is 11.6 Å². The molecule has 1 fully saturated rings. The van der Waals surface area contributed by atoms with Crippen molar-refractivity contribution in [3.63, 3.8) is 0 Å². The second kappa shape index (κ2) is 8.94. The SMILES string of the molecule is CC(C)Oc1ccc(Nc2nc(CCN3CCOCC3)c3ncnc-3[nH]2)c(Cl)c1. The van der Waals surface area contributed by atoms with E-state index in [1.807, 2.05) is 26.0 Å². The predicted molar refractivity (Wildman–Crippen MR) is 112 cm³/mol. The summed E-state index contributed by atoms with van der Waals surface area (Å²) in [6.07, 6.45) is 2.43. The Morgan fingerprint density at radius 3 is 2.86 bits per heavy atom. The van der Waals surface area contributed by atoms with Crippen LogP contribution in [0.1, 0.15) is 19.5 Å². The van der Waals surface area contributed by atoms with Gasteiger partial charge in [-0.3, -0.25) is 4.90 Å². The topological polar surface area (TPSA) is 88.2 Å². The molecule has 29 heavy (non-hydrogen) atoms. The fourth-order valence-corrected chi connectivity index (χ4v) is 3.51. The third kappa shape index (κ3) is 4.95. The van der Waals surface area contributed by atoms with Gasteiger partial charge in [0.05, 0.1) is 35.7 Å². The third-order valence-corrected chi connectivity index (χ3v) is 5.00. The van der Waals surface area contributed by atoms with Gasteiger partial charge in [-0.1, -0.05) is 11.6 Å². The summed E-state index contributed by atoms with van der Waals surface area (Å²) >= 11 is 6.43. The minimum atomic E-state index is 0.0900. The molecule has 4 rings (SSSR count). The number of nitrogens with zero attached hydrogens (tertiary/aromatic N) is 4. The van der Waals surface area contributed by atoms with Crippen molar-refractivity contribution >= 4 is 23.2 Å². The molecule has 3 aliphatic heterocycles. The first kappa shape index (κ1) is 19.9. The highest BCUT2D eigenvalue weighted by molar-refractivity contribution is 6.33. The van der Waals surface area contributed by atoms with E-state index >= 15 is 0 Å². The zero-order valence-electron chi connectivity index (χ0n) is 16.6. The van der Waals surface area contributed by atoms with Crippen molar-refractivity contribution in [2.75, 3.05) is 38.2 Å². The molecule has 3 aliphatic rings. The van der Waals surface area contributed by atoms with Crippen LogP contribution in [-0.2, 0) is 11.2 Å². The molecule has 0 radical (unpaired) electrons. The van der Waals surface area contributed by atoms with Crippen LogP contribution in [0.15, 0.2) is 24.5 Å². The zero-order valence-corrected chi connectivity index (χ0v) is 17.4. The number of hydrogen-bond donors (Lipinski definition) is 2. The Hall–Kier alpha value is -2.42. The molecular weight excluding hydrogens is 392 g/mol. The first-order chi connectivity index (χ1) is 14.1. The Bertz CT molecular complexity index is 925. The molecule has 0 atom stereocenters. The fraction of sp³-hybridized carbons (Fsp3) is 0.450. The minimum absolute atomic E-state index is 0.0900. The van der Waals surface area contributed by atoms with Crippen molar-refractivity contribution in [1.29, 1.82) is 0 Å². The van der Waals surface area contributed by atoms with E-state index in [1.165, 1.54) is 0 Å². The lowest BCUT2D eigenvalue weighted by Crippen LogP contribution is -2.37. The van der Waals surface area contributed by atoms with Crippen molar-refractivity contribution in [3.05, 3.63) is 35.2 Å². The maximum Gasteiger partial charge on any atom is 0.206 e. The fourth-order valence-electron chi connectivity index (χ4n) is 3.29. The first-order valence-corrected chi connectivity index (χ1v) is 10.2. The first-order valence-electron chi connectivity index (χ1n) is 9.81. The summed E-state index contributed by atoms with van der Waals surface area (Å²) < 4.78 is 11.1. The molecule has 8 nitrogen and oxygen atoms in total. The number of hydrogen-bond acceptors (Lipinski definition) is 7. The number of fused-ring (bicyclic) bond motifs is 1. The van der Waals surface area contributed by atoms with E-state index in [1.54, 1.807) is 12.4 Å². The maximum absolute atomic E-state index is 6.43. The van der Waals surface area contributed by atoms with Crippen LogP contribution < -0.4 is 10.1 Å². The summed E-state index contributed by atoms with van der Waals surface area (Å²) in [6, 6.07) is 5.56. The summed E-state index contributed by atoms with van der Waals surface area (Å²) in [5, 5.41) is 3.81. The summed E-state index contributed by atoms with van der Waals surface area (Å²) in [7, 11) is 0. The van der Waals surface area contributed by atoms with Crippen LogP contribution in [0.5, 0.6) is 5.75 Å². The lowest BCUT2D eigenvalue weighted by atomic mass is 10.2. The minimum Gasteiger partial charge on any atom is -0.491 e. The zero-order chi connectivity index (χ0) is 20.2. The Labute approximate surface area is 175 Å². The number of imidazole rings is 1. The molecular formula is C20H25ClN6O2. The van der Waals surface area contributed by atoms with Gasteiger partial charge in [0.15, 0.2) is 5.82 Å². The Morgan fingerprint density at radius 1 is 1.28 bits per heavy atom. The molecule has 0 saturated carbocycles. The van der Waals surface area contributed by atoms with Gasteiger partial charge in [-0.05, 0) is 26.0 Å². The Kier molecular flexibility index (Phi) is 6.13. The number of anilines is 2. The molecule has 154 valence electrons. The number of nitrogens with one attached hydrogen (secondary N) is 2. The average molecular weight is 417 g/mol. The number of halogens is 1. The highest BCUT2D eigenvalue weighted by atomic mass is 35.5. The van der Waals surface area contributed by atoms with Gasteiger partial charge in [-0.15, -0.1) is 0 Å². The van der Waals surface area contributed by atoms with Crippen LogP contribution >= 0.6 is 11.6 Å². The van der Waals surface area contributed by atoms with Crippen LogP contribution in [0.2, 0.25) is 5.02 Å². The van der Waals surface area contributed by atoms with E-state index in [0.29, 0.717) is 16.8 Å². The normalized spacial score (nSPS) is 15.2. The summed E-state index contributed by atoms with van der Waals surface area (Å²) in [5.74, 6) is 2.01. The summed E-state index contributed by atoms with van der Waals surface area (Å²) in [4.78, 5) is 19.0. The standard InChI is InChI=1S/C20H25ClN6O2/c1-13(2)29-14-3-4-16(15(21)11-14)24-20-25-17(18-19(26-20)23-12-22-18)5-6-27-7-9-28-10-8-27/h3-4,11-13H,5-10H2,1-2H3,(H2,22,23,24,25,26). The summed E-state index contributed by atoms with van der Waals surface area (Å²) in [6.45, 7) is 8.32. The van der Waals surface area contributed by atoms with E-state index in [0.717, 1.165) is 62.1 Å². The van der Waals surface area contributed by atoms with Gasteiger partial charge >= 0.3 is 0 Å². The molecule has 3 heterocycles. The molecule has 0 aromatic heterocycles. The lowest BCUT2D eigenvalue weighted by Gasteiger charge is -2.26. The highest BCUT2D eigenvalue weighted by Gasteiger charge is 2.18. The monoisotopic (exact) mass is 416 g/mol. The number of rotatable bonds is 7. The number of ether oxygens (including phenoxy) is 2. The van der Waals surface area contributed by atoms with E-state index in [2.05, 4.69) is 25.2 Å². The van der Waals surface area contributed by atoms with Gasteiger partial charge in [-0.2, -0.15) is 0 Å². The number of H-pyrrole nitrogens is 1. The van der Waals surface area contributed by atoms with Crippen molar-refractivity contribution in [2.45, 2.75) is 26.4 Å². The number of aromatic amines is 1. The molecule has 1 aromatic rings. The van der Waals surface area contributed by atoms with Crippen molar-refractivity contribution in [3.8, 4) is 17.3 Å². The van der Waals surface area contributed by atoms with E-state index < -0.39 is 0 Å². The molecule has 0 spiro atoms. The molecule has 9 heteroatoms. The molecule has 2 N–H and O–H groups in total. The quantitative estimate of drug-likeness (QED) is 0.610. The Balaban J connectivity index is 1.52. The van der Waals surface area contributed by atoms with Gasteiger partial charge < -0.3 is 19.8 Å². The average Bonchev–Trinajstić information content (AvgIpc) is 3.17. The van der Waals surface area contributed by atoms with Crippen molar-refractivity contribution in [1.82, 2.24) is 24.8 Å². The van der Waals surface area contributed by atoms with Crippen molar-refractivity contribution in [2.24, 2.45) is 0 Å². The molecule has 1 saturated heterocycles. The highest BCUT2D eigenvalue weighted by Crippen LogP contribution is 2.30. The molecule has 0 amide bonds. The van der Waals surface area contributed by atoms with Crippen molar-refractivity contribution < 1.29 is 9.47 Å². The number of morpholine rings is 1. The van der Waals surface area contributed by atoms with E-state index in [-0.39, 0.29) is 6.10 Å². The molecule has 1 aromatic carbocycles. The van der Waals surface area contributed by atoms with Crippen LogP contribution in [0, 0.1) is 0 Å². The van der Waals surface area contributed by atoms with Crippen LogP contribution in [0.25, 0.3) is 11.5 Å². The summed E-state index contributed by atoms with van der Waals surface area (Å²) in [5.41, 5.74) is 2.45. The second-order valence-corrected chi connectivity index (χ2v) is 7.65. The van der Waals surface area contributed by atoms with Gasteiger partial charge in [0.25, 0.3) is 0 Å². The number of benzene rings is 1. The third-order valence-electron chi connectivity index (χ3n) is 4.69. The predicted octanol–water partition coefficient (Wildman–Crippen LogP) is 3.36. The Morgan fingerprint density at radius 2 is 2.10 bits per heavy atom. The lowest BCUT2D eigenvalue weighted by molar-refractivity contribution is 0.0383. The molecule has 0 unspecified atom stereocenters. The largest absolute Gasteiger partial charge is 0.491 e. The molecule has 0 bridgehead atoms. The van der Waals surface area contributed by atoms with E-state index in [4.69, 9.17) is 26.1 Å². The second-order valence-electron chi connectivity index (χ2n) is 7.24. The molecule has 0 aliphatic carbocycles. The van der Waals surface area contributed by atoms with Crippen LogP contribution in [0.3, 0.4) is 0 Å². The maximum atomic E-state index is 6.43. The van der Waals surface area contributed by atoms with Gasteiger partial charge in [0.1, 0.15) is 17.8 Å². The van der Waals surface area contributed by atoms with Gasteiger partial charge in [0, 0.05) is 32.1 Å².